The summed E-state index contributed by atoms with van der Waals surface area (Å²) in [6.45, 7) is 0.854. The normalized spacial score (nSPS) is 19.7. The zero-order chi connectivity index (χ0) is 10.3. The van der Waals surface area contributed by atoms with E-state index in [9.17, 15) is 5.11 Å². The lowest BCUT2D eigenvalue weighted by Crippen LogP contribution is -2.16. The molecule has 0 saturated heterocycles. The van der Waals surface area contributed by atoms with Crippen molar-refractivity contribution in [2.24, 2.45) is 0 Å². The standard InChI is InChI=1S/C13H13NO/c15-13-5-6-14-12-8-10-4-2-1-3-9(10)7-11(12)13/h1-4,7-8,13-15H,5-6H2. The van der Waals surface area contributed by atoms with E-state index in [0.29, 0.717) is 0 Å². The molecular weight excluding hydrogens is 186 g/mol. The molecule has 2 aromatic carbocycles. The summed E-state index contributed by atoms with van der Waals surface area (Å²) in [7, 11) is 0. The van der Waals surface area contributed by atoms with Gasteiger partial charge in [0.05, 0.1) is 6.10 Å². The van der Waals surface area contributed by atoms with Gasteiger partial charge in [-0.2, -0.15) is 0 Å². The summed E-state index contributed by atoms with van der Waals surface area (Å²) in [5, 5.41) is 15.6. The number of aliphatic hydroxyl groups excluding tert-OH is 1. The third-order valence-electron chi connectivity index (χ3n) is 3.01. The third-order valence-corrected chi connectivity index (χ3v) is 3.01. The van der Waals surface area contributed by atoms with Crippen molar-refractivity contribution >= 4 is 16.5 Å². The maximum Gasteiger partial charge on any atom is 0.0827 e. The molecule has 0 bridgehead atoms. The quantitative estimate of drug-likeness (QED) is 0.683. The van der Waals surface area contributed by atoms with E-state index in [4.69, 9.17) is 0 Å². The molecular formula is C13H13NO. The molecule has 0 radical (unpaired) electrons. The number of rotatable bonds is 0. The number of anilines is 1. The van der Waals surface area contributed by atoms with Crippen molar-refractivity contribution in [2.75, 3.05) is 11.9 Å². The average Bonchev–Trinajstić information content (AvgIpc) is 2.27. The fourth-order valence-corrected chi connectivity index (χ4v) is 2.19. The van der Waals surface area contributed by atoms with Gasteiger partial charge in [-0.3, -0.25) is 0 Å². The highest BCUT2D eigenvalue weighted by atomic mass is 16.3. The molecule has 0 aromatic heterocycles. The maximum atomic E-state index is 9.88. The molecule has 3 rings (SSSR count). The SMILES string of the molecule is OC1CCNc2cc3ccccc3cc21. The summed E-state index contributed by atoms with van der Waals surface area (Å²) >= 11 is 0. The van der Waals surface area contributed by atoms with Crippen LogP contribution in [0.3, 0.4) is 0 Å². The van der Waals surface area contributed by atoms with Crippen LogP contribution in [-0.2, 0) is 0 Å². The average molecular weight is 199 g/mol. The van der Waals surface area contributed by atoms with Crippen molar-refractivity contribution in [3.63, 3.8) is 0 Å². The Hall–Kier alpha value is -1.54. The topological polar surface area (TPSA) is 32.3 Å². The Morgan fingerprint density at radius 1 is 1.13 bits per heavy atom. The van der Waals surface area contributed by atoms with E-state index in [-0.39, 0.29) is 6.10 Å². The van der Waals surface area contributed by atoms with Crippen LogP contribution >= 0.6 is 0 Å². The van der Waals surface area contributed by atoms with E-state index in [2.05, 4.69) is 29.6 Å². The Balaban J connectivity index is 2.27. The Kier molecular flexibility index (Phi) is 1.89. The molecule has 76 valence electrons. The van der Waals surface area contributed by atoms with Crippen LogP contribution in [0.15, 0.2) is 36.4 Å². The monoisotopic (exact) mass is 199 g/mol. The van der Waals surface area contributed by atoms with E-state index >= 15 is 0 Å². The number of benzene rings is 2. The van der Waals surface area contributed by atoms with Crippen molar-refractivity contribution in [3.05, 3.63) is 42.0 Å². The number of fused-ring (bicyclic) bond motifs is 2. The molecule has 0 fully saturated rings. The summed E-state index contributed by atoms with van der Waals surface area (Å²) in [6, 6.07) is 12.4. The minimum absolute atomic E-state index is 0.314. The van der Waals surface area contributed by atoms with Gasteiger partial charge in [-0.1, -0.05) is 24.3 Å². The predicted octanol–water partition coefficient (Wildman–Crippen LogP) is 2.69. The highest BCUT2D eigenvalue weighted by Crippen LogP contribution is 2.33. The lowest BCUT2D eigenvalue weighted by atomic mass is 9.97. The summed E-state index contributed by atoms with van der Waals surface area (Å²) in [5.74, 6) is 0. The van der Waals surface area contributed by atoms with Crippen molar-refractivity contribution in [1.82, 2.24) is 0 Å². The number of hydrogen-bond acceptors (Lipinski definition) is 2. The minimum atomic E-state index is -0.314. The van der Waals surface area contributed by atoms with Crippen molar-refractivity contribution in [1.29, 1.82) is 0 Å². The molecule has 2 aromatic rings. The first-order chi connectivity index (χ1) is 7.34. The summed E-state index contributed by atoms with van der Waals surface area (Å²) in [5.41, 5.74) is 2.10. The van der Waals surface area contributed by atoms with Crippen LogP contribution in [0.5, 0.6) is 0 Å². The molecule has 1 atom stereocenters. The molecule has 0 saturated carbocycles. The van der Waals surface area contributed by atoms with Crippen molar-refractivity contribution < 1.29 is 5.11 Å². The van der Waals surface area contributed by atoms with Gasteiger partial charge in [-0.05, 0) is 29.3 Å². The molecule has 2 N–H and O–H groups in total. The van der Waals surface area contributed by atoms with Crippen molar-refractivity contribution in [3.8, 4) is 0 Å². The molecule has 2 nitrogen and oxygen atoms in total. The number of nitrogens with one attached hydrogen (secondary N) is 1. The predicted molar refractivity (Wildman–Crippen MR) is 62.0 cm³/mol. The minimum Gasteiger partial charge on any atom is -0.388 e. The molecule has 0 aliphatic carbocycles. The molecule has 1 aliphatic heterocycles. The number of hydrogen-bond donors (Lipinski definition) is 2. The molecule has 2 heteroatoms. The van der Waals surface area contributed by atoms with Crippen LogP contribution in [0.2, 0.25) is 0 Å². The first-order valence-corrected chi connectivity index (χ1v) is 5.29. The van der Waals surface area contributed by atoms with Crippen LogP contribution < -0.4 is 5.32 Å². The fraction of sp³-hybridized carbons (Fsp3) is 0.231. The van der Waals surface area contributed by atoms with Gasteiger partial charge >= 0.3 is 0 Å². The Labute approximate surface area is 88.5 Å². The molecule has 0 amide bonds. The second-order valence-electron chi connectivity index (χ2n) is 4.02. The highest BCUT2D eigenvalue weighted by Gasteiger charge is 2.17. The Bertz CT molecular complexity index is 507. The van der Waals surface area contributed by atoms with Crippen LogP contribution in [0.4, 0.5) is 5.69 Å². The third kappa shape index (κ3) is 1.38. The summed E-state index contributed by atoms with van der Waals surface area (Å²) in [4.78, 5) is 0. The molecule has 0 spiro atoms. The summed E-state index contributed by atoms with van der Waals surface area (Å²) < 4.78 is 0. The smallest absolute Gasteiger partial charge is 0.0827 e. The largest absolute Gasteiger partial charge is 0.388 e. The number of aliphatic hydroxyl groups is 1. The maximum absolute atomic E-state index is 9.88. The van der Waals surface area contributed by atoms with E-state index < -0.39 is 0 Å². The van der Waals surface area contributed by atoms with Gasteiger partial charge in [0.15, 0.2) is 0 Å². The van der Waals surface area contributed by atoms with Gasteiger partial charge in [0.1, 0.15) is 0 Å². The lowest BCUT2D eigenvalue weighted by molar-refractivity contribution is 0.168. The van der Waals surface area contributed by atoms with Crippen LogP contribution in [0, 0.1) is 0 Å². The Morgan fingerprint density at radius 2 is 1.87 bits per heavy atom. The first-order valence-electron chi connectivity index (χ1n) is 5.29. The van der Waals surface area contributed by atoms with Crippen molar-refractivity contribution in [2.45, 2.75) is 12.5 Å². The zero-order valence-electron chi connectivity index (χ0n) is 8.40. The van der Waals surface area contributed by atoms with E-state index in [0.717, 1.165) is 24.2 Å². The van der Waals surface area contributed by atoms with Gasteiger partial charge in [0.2, 0.25) is 0 Å². The molecule has 1 heterocycles. The van der Waals surface area contributed by atoms with E-state index in [1.807, 2.05) is 12.1 Å². The van der Waals surface area contributed by atoms with E-state index in [1.165, 1.54) is 10.8 Å². The fourth-order valence-electron chi connectivity index (χ4n) is 2.19. The Morgan fingerprint density at radius 3 is 2.67 bits per heavy atom. The van der Waals surface area contributed by atoms with Gasteiger partial charge in [0, 0.05) is 17.8 Å². The van der Waals surface area contributed by atoms with Crippen LogP contribution in [0.1, 0.15) is 18.1 Å². The van der Waals surface area contributed by atoms with Gasteiger partial charge < -0.3 is 10.4 Å². The van der Waals surface area contributed by atoms with E-state index in [1.54, 1.807) is 0 Å². The summed E-state index contributed by atoms with van der Waals surface area (Å²) in [6.07, 6.45) is 0.483. The molecule has 1 unspecified atom stereocenters. The zero-order valence-corrected chi connectivity index (χ0v) is 8.40. The van der Waals surface area contributed by atoms with Gasteiger partial charge in [-0.15, -0.1) is 0 Å². The van der Waals surface area contributed by atoms with Gasteiger partial charge in [-0.25, -0.2) is 0 Å². The lowest BCUT2D eigenvalue weighted by Gasteiger charge is -2.23. The van der Waals surface area contributed by atoms with Crippen LogP contribution in [-0.4, -0.2) is 11.7 Å². The van der Waals surface area contributed by atoms with Gasteiger partial charge in [0.25, 0.3) is 0 Å². The second kappa shape index (κ2) is 3.24. The van der Waals surface area contributed by atoms with Crippen LogP contribution in [0.25, 0.3) is 10.8 Å². The second-order valence-corrected chi connectivity index (χ2v) is 4.02. The first kappa shape index (κ1) is 8.74. The highest BCUT2D eigenvalue weighted by molar-refractivity contribution is 5.87. The molecule has 1 aliphatic rings. The molecule has 15 heavy (non-hydrogen) atoms.